The first-order chi connectivity index (χ1) is 8.45. The SMILES string of the molecule is CCC(C)[C@H](N)C(=O)N[C@H](C)c1cccc(Br)c1. The largest absolute Gasteiger partial charge is 0.348 e. The summed E-state index contributed by atoms with van der Waals surface area (Å²) < 4.78 is 1.01. The summed E-state index contributed by atoms with van der Waals surface area (Å²) >= 11 is 3.42. The molecule has 0 aliphatic carbocycles. The first-order valence-corrected chi connectivity index (χ1v) is 7.06. The van der Waals surface area contributed by atoms with Gasteiger partial charge in [-0.15, -0.1) is 0 Å². The molecule has 3 nitrogen and oxygen atoms in total. The highest BCUT2D eigenvalue weighted by molar-refractivity contribution is 9.10. The molecule has 100 valence electrons. The summed E-state index contributed by atoms with van der Waals surface area (Å²) in [6.07, 6.45) is 0.903. The molecular formula is C14H21BrN2O. The average Bonchev–Trinajstić information content (AvgIpc) is 2.36. The van der Waals surface area contributed by atoms with Crippen molar-refractivity contribution in [2.75, 3.05) is 0 Å². The minimum atomic E-state index is -0.440. The molecule has 1 aromatic rings. The molecule has 0 saturated carbocycles. The van der Waals surface area contributed by atoms with Gasteiger partial charge in [0.05, 0.1) is 12.1 Å². The Kier molecular flexibility index (Phi) is 5.82. The summed E-state index contributed by atoms with van der Waals surface area (Å²) in [7, 11) is 0. The molecule has 3 atom stereocenters. The highest BCUT2D eigenvalue weighted by Gasteiger charge is 2.21. The zero-order valence-corrected chi connectivity index (χ0v) is 12.7. The molecule has 4 heteroatoms. The van der Waals surface area contributed by atoms with Gasteiger partial charge in [-0.2, -0.15) is 0 Å². The second-order valence-electron chi connectivity index (χ2n) is 4.70. The van der Waals surface area contributed by atoms with Crippen LogP contribution in [0.15, 0.2) is 28.7 Å². The van der Waals surface area contributed by atoms with Gasteiger partial charge in [0.1, 0.15) is 0 Å². The second kappa shape index (κ2) is 6.90. The van der Waals surface area contributed by atoms with E-state index in [1.165, 1.54) is 0 Å². The van der Waals surface area contributed by atoms with Gasteiger partial charge in [-0.1, -0.05) is 48.3 Å². The first-order valence-electron chi connectivity index (χ1n) is 6.27. The van der Waals surface area contributed by atoms with Crippen LogP contribution in [0.1, 0.15) is 38.8 Å². The van der Waals surface area contributed by atoms with E-state index in [1.54, 1.807) is 0 Å². The zero-order chi connectivity index (χ0) is 13.7. The number of hydrogen-bond donors (Lipinski definition) is 2. The fourth-order valence-corrected chi connectivity index (χ4v) is 2.10. The number of carbonyl (C=O) groups is 1. The molecule has 0 fully saturated rings. The van der Waals surface area contributed by atoms with Crippen LogP contribution in [0, 0.1) is 5.92 Å². The zero-order valence-electron chi connectivity index (χ0n) is 11.1. The highest BCUT2D eigenvalue weighted by atomic mass is 79.9. The van der Waals surface area contributed by atoms with Crippen molar-refractivity contribution in [3.63, 3.8) is 0 Å². The van der Waals surface area contributed by atoms with Crippen molar-refractivity contribution < 1.29 is 4.79 Å². The summed E-state index contributed by atoms with van der Waals surface area (Å²) in [5.41, 5.74) is 6.97. The molecule has 1 rings (SSSR count). The lowest BCUT2D eigenvalue weighted by atomic mass is 9.98. The van der Waals surface area contributed by atoms with E-state index in [9.17, 15) is 4.79 Å². The number of halogens is 1. The topological polar surface area (TPSA) is 55.1 Å². The first kappa shape index (κ1) is 15.2. The van der Waals surface area contributed by atoms with Crippen molar-refractivity contribution in [1.29, 1.82) is 0 Å². The molecular weight excluding hydrogens is 292 g/mol. The molecule has 0 spiro atoms. The predicted octanol–water partition coefficient (Wildman–Crippen LogP) is 3.00. The molecule has 0 heterocycles. The average molecular weight is 313 g/mol. The van der Waals surface area contributed by atoms with Gasteiger partial charge < -0.3 is 11.1 Å². The van der Waals surface area contributed by atoms with Crippen LogP contribution in [0.4, 0.5) is 0 Å². The Balaban J connectivity index is 2.65. The smallest absolute Gasteiger partial charge is 0.237 e. The number of rotatable bonds is 5. The van der Waals surface area contributed by atoms with Gasteiger partial charge >= 0.3 is 0 Å². The van der Waals surface area contributed by atoms with Crippen LogP contribution in [-0.2, 0) is 4.79 Å². The van der Waals surface area contributed by atoms with Gasteiger partial charge in [-0.25, -0.2) is 0 Å². The van der Waals surface area contributed by atoms with Crippen LogP contribution >= 0.6 is 15.9 Å². The molecule has 0 aromatic heterocycles. The van der Waals surface area contributed by atoms with E-state index in [1.807, 2.05) is 45.0 Å². The summed E-state index contributed by atoms with van der Waals surface area (Å²) in [5, 5.41) is 2.95. The van der Waals surface area contributed by atoms with Gasteiger partial charge in [0.2, 0.25) is 5.91 Å². The van der Waals surface area contributed by atoms with E-state index >= 15 is 0 Å². The molecule has 0 saturated heterocycles. The third-order valence-electron chi connectivity index (χ3n) is 3.27. The van der Waals surface area contributed by atoms with Crippen molar-refractivity contribution in [1.82, 2.24) is 5.32 Å². The van der Waals surface area contributed by atoms with Gasteiger partial charge in [-0.3, -0.25) is 4.79 Å². The second-order valence-corrected chi connectivity index (χ2v) is 5.61. The number of hydrogen-bond acceptors (Lipinski definition) is 2. The molecule has 18 heavy (non-hydrogen) atoms. The van der Waals surface area contributed by atoms with Gasteiger partial charge in [0, 0.05) is 4.47 Å². The fraction of sp³-hybridized carbons (Fsp3) is 0.500. The maximum atomic E-state index is 12.0. The molecule has 0 aliphatic heterocycles. The molecule has 1 aromatic carbocycles. The van der Waals surface area contributed by atoms with Crippen molar-refractivity contribution in [2.24, 2.45) is 11.7 Å². The summed E-state index contributed by atoms with van der Waals surface area (Å²) in [5.74, 6) is 0.108. The van der Waals surface area contributed by atoms with Crippen molar-refractivity contribution in [3.05, 3.63) is 34.3 Å². The van der Waals surface area contributed by atoms with Crippen LogP contribution in [-0.4, -0.2) is 11.9 Å². The Morgan fingerprint density at radius 2 is 2.11 bits per heavy atom. The maximum absolute atomic E-state index is 12.0. The van der Waals surface area contributed by atoms with Crippen LogP contribution in [0.3, 0.4) is 0 Å². The Bertz CT molecular complexity index is 409. The van der Waals surface area contributed by atoms with Gasteiger partial charge in [0.25, 0.3) is 0 Å². The lowest BCUT2D eigenvalue weighted by Gasteiger charge is -2.21. The Morgan fingerprint density at radius 3 is 2.67 bits per heavy atom. The third kappa shape index (κ3) is 4.10. The summed E-state index contributed by atoms with van der Waals surface area (Å²) in [6.45, 7) is 5.99. The minimum absolute atomic E-state index is 0.0369. The van der Waals surface area contributed by atoms with E-state index in [0.717, 1.165) is 16.5 Å². The molecule has 0 aliphatic rings. The Hall–Kier alpha value is -0.870. The maximum Gasteiger partial charge on any atom is 0.237 e. The summed E-state index contributed by atoms with van der Waals surface area (Å²) in [6, 6.07) is 7.43. The standard InChI is InChI=1S/C14H21BrN2O/c1-4-9(2)13(16)14(18)17-10(3)11-6-5-7-12(15)8-11/h5-10,13H,4,16H2,1-3H3,(H,17,18)/t9?,10-,13+/m1/s1. The lowest BCUT2D eigenvalue weighted by molar-refractivity contribution is -0.124. The van der Waals surface area contributed by atoms with Gasteiger partial charge in [-0.05, 0) is 30.5 Å². The molecule has 1 amide bonds. The Morgan fingerprint density at radius 1 is 1.44 bits per heavy atom. The van der Waals surface area contributed by atoms with E-state index in [0.29, 0.717) is 0 Å². The third-order valence-corrected chi connectivity index (χ3v) is 3.76. The Labute approximate surface area is 117 Å². The lowest BCUT2D eigenvalue weighted by Crippen LogP contribution is -2.45. The quantitative estimate of drug-likeness (QED) is 0.878. The van der Waals surface area contributed by atoms with Crippen molar-refractivity contribution >= 4 is 21.8 Å². The number of nitrogens with one attached hydrogen (secondary N) is 1. The van der Waals surface area contributed by atoms with E-state index < -0.39 is 6.04 Å². The fourth-order valence-electron chi connectivity index (χ4n) is 1.68. The summed E-state index contributed by atoms with van der Waals surface area (Å²) in [4.78, 5) is 12.0. The van der Waals surface area contributed by atoms with E-state index in [2.05, 4.69) is 21.2 Å². The minimum Gasteiger partial charge on any atom is -0.348 e. The van der Waals surface area contributed by atoms with Crippen molar-refractivity contribution in [3.8, 4) is 0 Å². The number of carbonyl (C=O) groups excluding carboxylic acids is 1. The molecule has 0 radical (unpaired) electrons. The van der Waals surface area contributed by atoms with Crippen LogP contribution in [0.25, 0.3) is 0 Å². The number of benzene rings is 1. The van der Waals surface area contributed by atoms with E-state index in [4.69, 9.17) is 5.73 Å². The molecule has 1 unspecified atom stereocenters. The van der Waals surface area contributed by atoms with Crippen LogP contribution < -0.4 is 11.1 Å². The van der Waals surface area contributed by atoms with Crippen LogP contribution in [0.2, 0.25) is 0 Å². The van der Waals surface area contributed by atoms with Gasteiger partial charge in [0.15, 0.2) is 0 Å². The molecule has 0 bridgehead atoms. The monoisotopic (exact) mass is 312 g/mol. The number of nitrogens with two attached hydrogens (primary N) is 1. The normalized spacial score (nSPS) is 15.8. The molecule has 3 N–H and O–H groups in total. The van der Waals surface area contributed by atoms with Crippen molar-refractivity contribution in [2.45, 2.75) is 39.3 Å². The van der Waals surface area contributed by atoms with Crippen LogP contribution in [0.5, 0.6) is 0 Å². The number of amides is 1. The highest BCUT2D eigenvalue weighted by Crippen LogP contribution is 2.18. The van der Waals surface area contributed by atoms with E-state index in [-0.39, 0.29) is 17.9 Å². The predicted molar refractivity (Wildman–Crippen MR) is 78.1 cm³/mol.